The summed E-state index contributed by atoms with van der Waals surface area (Å²) >= 11 is 9.51. The minimum absolute atomic E-state index is 0.270. The minimum Gasteiger partial charge on any atom is -0.459 e. The van der Waals surface area contributed by atoms with E-state index in [9.17, 15) is 4.79 Å². The van der Waals surface area contributed by atoms with Crippen molar-refractivity contribution in [1.82, 2.24) is 0 Å². The molecule has 1 aliphatic rings. The average Bonchev–Trinajstić information content (AvgIpc) is 2.57. The molecule has 1 aromatic carbocycles. The highest BCUT2D eigenvalue weighted by Gasteiger charge is 2.23. The van der Waals surface area contributed by atoms with E-state index >= 15 is 0 Å². The van der Waals surface area contributed by atoms with E-state index in [1.54, 1.807) is 6.07 Å². The lowest BCUT2D eigenvalue weighted by atomic mass is 9.95. The molecule has 0 atom stereocenters. The van der Waals surface area contributed by atoms with Crippen LogP contribution in [0.4, 0.5) is 0 Å². The van der Waals surface area contributed by atoms with Crippen LogP contribution in [0.2, 0.25) is 5.02 Å². The smallest absolute Gasteiger partial charge is 0.153 e. The first-order chi connectivity index (χ1) is 7.65. The van der Waals surface area contributed by atoms with E-state index in [0.29, 0.717) is 29.9 Å². The summed E-state index contributed by atoms with van der Waals surface area (Å²) in [4.78, 5) is 11.5. The topological polar surface area (TPSA) is 30.2 Å². The van der Waals surface area contributed by atoms with Gasteiger partial charge in [0.1, 0.15) is 11.5 Å². The normalized spacial score (nSPS) is 15.5. The van der Waals surface area contributed by atoms with Crippen LogP contribution in [0.5, 0.6) is 0 Å². The molecule has 1 aromatic heterocycles. The number of fused-ring (bicyclic) bond motifs is 3. The van der Waals surface area contributed by atoms with Crippen LogP contribution in [0.15, 0.2) is 21.0 Å². The Labute approximate surface area is 106 Å². The van der Waals surface area contributed by atoms with Gasteiger partial charge in [-0.05, 0) is 12.1 Å². The molecule has 0 saturated heterocycles. The Morgan fingerprint density at radius 1 is 1.31 bits per heavy atom. The monoisotopic (exact) mass is 298 g/mol. The molecule has 0 bridgehead atoms. The molecule has 0 spiro atoms. The second-order valence-electron chi connectivity index (χ2n) is 3.98. The van der Waals surface area contributed by atoms with Gasteiger partial charge in [-0.1, -0.05) is 27.5 Å². The number of hydrogen-bond acceptors (Lipinski definition) is 2. The summed E-state index contributed by atoms with van der Waals surface area (Å²) in [5.74, 6) is 1.18. The SMILES string of the molecule is O=C1CCc2oc3c(Cl)cc(Br)cc3c2C1. The van der Waals surface area contributed by atoms with E-state index in [1.807, 2.05) is 6.07 Å². The molecule has 1 aliphatic carbocycles. The van der Waals surface area contributed by atoms with Crippen molar-refractivity contribution >= 4 is 44.3 Å². The Kier molecular flexibility index (Phi) is 2.33. The van der Waals surface area contributed by atoms with Crippen LogP contribution >= 0.6 is 27.5 Å². The lowest BCUT2D eigenvalue weighted by Gasteiger charge is -2.07. The quantitative estimate of drug-likeness (QED) is 0.738. The van der Waals surface area contributed by atoms with Gasteiger partial charge in [0.05, 0.1) is 5.02 Å². The van der Waals surface area contributed by atoms with Gasteiger partial charge in [-0.2, -0.15) is 0 Å². The molecular formula is C12H8BrClO2. The van der Waals surface area contributed by atoms with Crippen LogP contribution in [0.1, 0.15) is 17.7 Å². The van der Waals surface area contributed by atoms with Gasteiger partial charge in [0.15, 0.2) is 5.58 Å². The molecule has 0 saturated carbocycles. The highest BCUT2D eigenvalue weighted by atomic mass is 79.9. The van der Waals surface area contributed by atoms with Gasteiger partial charge in [0.2, 0.25) is 0 Å². The first-order valence-corrected chi connectivity index (χ1v) is 6.23. The van der Waals surface area contributed by atoms with Crippen molar-refractivity contribution in [3.05, 3.63) is 33.0 Å². The number of benzene rings is 1. The molecule has 0 amide bonds. The van der Waals surface area contributed by atoms with E-state index < -0.39 is 0 Å². The standard InChI is InChI=1S/C12H8BrClO2/c13-6-3-9-8-5-7(15)1-2-11(8)16-12(9)10(14)4-6/h3-4H,1-2,5H2. The second kappa shape index (κ2) is 3.60. The lowest BCUT2D eigenvalue weighted by molar-refractivity contribution is -0.118. The van der Waals surface area contributed by atoms with Crippen molar-refractivity contribution in [3.8, 4) is 0 Å². The van der Waals surface area contributed by atoms with E-state index in [0.717, 1.165) is 21.2 Å². The van der Waals surface area contributed by atoms with Crippen LogP contribution in [-0.4, -0.2) is 5.78 Å². The number of Topliss-reactive ketones (excluding diaryl/α,β-unsaturated/α-hetero) is 1. The number of ketones is 1. The van der Waals surface area contributed by atoms with E-state index in [4.69, 9.17) is 16.0 Å². The van der Waals surface area contributed by atoms with Gasteiger partial charge < -0.3 is 4.42 Å². The van der Waals surface area contributed by atoms with Crippen LogP contribution in [0.3, 0.4) is 0 Å². The molecule has 16 heavy (non-hydrogen) atoms. The molecule has 82 valence electrons. The van der Waals surface area contributed by atoms with Crippen molar-refractivity contribution in [2.75, 3.05) is 0 Å². The third kappa shape index (κ3) is 1.50. The van der Waals surface area contributed by atoms with Crippen molar-refractivity contribution in [2.45, 2.75) is 19.3 Å². The second-order valence-corrected chi connectivity index (χ2v) is 5.31. The van der Waals surface area contributed by atoms with E-state index in [-0.39, 0.29) is 5.78 Å². The zero-order chi connectivity index (χ0) is 11.3. The number of carbonyl (C=O) groups excluding carboxylic acids is 1. The number of furan rings is 1. The maximum atomic E-state index is 11.5. The maximum Gasteiger partial charge on any atom is 0.153 e. The van der Waals surface area contributed by atoms with Gasteiger partial charge in [-0.15, -0.1) is 0 Å². The van der Waals surface area contributed by atoms with Crippen molar-refractivity contribution in [2.24, 2.45) is 0 Å². The van der Waals surface area contributed by atoms with Gasteiger partial charge in [-0.25, -0.2) is 0 Å². The minimum atomic E-state index is 0.270. The van der Waals surface area contributed by atoms with E-state index in [2.05, 4.69) is 15.9 Å². The van der Waals surface area contributed by atoms with E-state index in [1.165, 1.54) is 0 Å². The summed E-state index contributed by atoms with van der Waals surface area (Å²) in [6, 6.07) is 3.77. The molecule has 0 aliphatic heterocycles. The fraction of sp³-hybridized carbons (Fsp3) is 0.250. The molecule has 0 fully saturated rings. The Hall–Kier alpha value is -0.800. The number of carbonyl (C=O) groups is 1. The zero-order valence-electron chi connectivity index (χ0n) is 8.35. The largest absolute Gasteiger partial charge is 0.459 e. The summed E-state index contributed by atoms with van der Waals surface area (Å²) in [5.41, 5.74) is 1.71. The maximum absolute atomic E-state index is 11.5. The summed E-state index contributed by atoms with van der Waals surface area (Å²) in [6.07, 6.45) is 1.73. The van der Waals surface area contributed by atoms with Crippen LogP contribution in [-0.2, 0) is 17.6 Å². The molecule has 4 heteroatoms. The third-order valence-corrected chi connectivity index (χ3v) is 3.64. The highest BCUT2D eigenvalue weighted by molar-refractivity contribution is 9.10. The van der Waals surface area contributed by atoms with Crippen molar-refractivity contribution < 1.29 is 9.21 Å². The molecule has 2 aromatic rings. The summed E-state index contributed by atoms with van der Waals surface area (Å²) < 4.78 is 6.63. The molecule has 2 nitrogen and oxygen atoms in total. The molecule has 0 N–H and O–H groups in total. The van der Waals surface area contributed by atoms with Gasteiger partial charge in [0, 0.05) is 34.7 Å². The first kappa shape index (κ1) is 10.4. The predicted molar refractivity (Wildman–Crippen MR) is 66.0 cm³/mol. The number of aryl methyl sites for hydroxylation is 1. The number of rotatable bonds is 0. The van der Waals surface area contributed by atoms with Crippen LogP contribution in [0.25, 0.3) is 11.0 Å². The third-order valence-electron chi connectivity index (χ3n) is 2.90. The van der Waals surface area contributed by atoms with Crippen molar-refractivity contribution in [3.63, 3.8) is 0 Å². The van der Waals surface area contributed by atoms with Crippen molar-refractivity contribution in [1.29, 1.82) is 0 Å². The Bertz CT molecular complexity index is 601. The van der Waals surface area contributed by atoms with Crippen LogP contribution in [0, 0.1) is 0 Å². The fourth-order valence-electron chi connectivity index (χ4n) is 2.16. The highest BCUT2D eigenvalue weighted by Crippen LogP contribution is 2.36. The fourth-order valence-corrected chi connectivity index (χ4v) is 3.01. The molecule has 3 rings (SSSR count). The first-order valence-electron chi connectivity index (χ1n) is 5.06. The van der Waals surface area contributed by atoms with Gasteiger partial charge in [0.25, 0.3) is 0 Å². The Morgan fingerprint density at radius 3 is 2.94 bits per heavy atom. The van der Waals surface area contributed by atoms with Crippen LogP contribution < -0.4 is 0 Å². The summed E-state index contributed by atoms with van der Waals surface area (Å²) in [6.45, 7) is 0. The Balaban J connectivity index is 2.34. The van der Waals surface area contributed by atoms with Gasteiger partial charge >= 0.3 is 0 Å². The number of hydrogen-bond donors (Lipinski definition) is 0. The predicted octanol–water partition coefficient (Wildman–Crippen LogP) is 3.91. The summed E-state index contributed by atoms with van der Waals surface area (Å²) in [5, 5.41) is 1.55. The molecule has 0 unspecified atom stereocenters. The zero-order valence-corrected chi connectivity index (χ0v) is 10.7. The number of halogens is 2. The summed E-state index contributed by atoms with van der Waals surface area (Å²) in [7, 11) is 0. The molecule has 1 heterocycles. The molecule has 0 radical (unpaired) electrons. The molecular weight excluding hydrogens is 291 g/mol. The Morgan fingerprint density at radius 2 is 2.12 bits per heavy atom. The lowest BCUT2D eigenvalue weighted by Crippen LogP contribution is -2.11. The van der Waals surface area contributed by atoms with Gasteiger partial charge in [-0.3, -0.25) is 4.79 Å². The average molecular weight is 300 g/mol.